The molecule has 2 rings (SSSR count). The van der Waals surface area contributed by atoms with E-state index in [-0.39, 0.29) is 23.4 Å². The molecule has 0 atom stereocenters. The zero-order valence-corrected chi connectivity index (χ0v) is 10.1. The molecule has 2 aromatic rings. The lowest BCUT2D eigenvalue weighted by atomic mass is 10.1. The van der Waals surface area contributed by atoms with E-state index in [4.69, 9.17) is 0 Å². The van der Waals surface area contributed by atoms with Crippen LogP contribution in [0, 0.1) is 30.2 Å². The molecule has 0 aliphatic heterocycles. The van der Waals surface area contributed by atoms with Gasteiger partial charge in [0.2, 0.25) is 0 Å². The fraction of sp³-hybridized carbons (Fsp3) is 0.143. The maximum atomic E-state index is 13.7. The molecule has 5 heteroatoms. The Morgan fingerprint density at radius 1 is 0.947 bits per heavy atom. The standard InChI is InChI=1S/C14H11F4N/c1-8-2-5-11(16)14(13(8)18)19-7-9-3-4-10(15)6-12(9)17/h2-6,19H,7H2,1H3. The predicted molar refractivity (Wildman–Crippen MR) is 64.8 cm³/mol. The number of anilines is 1. The Labute approximate surface area is 107 Å². The van der Waals surface area contributed by atoms with Gasteiger partial charge < -0.3 is 5.32 Å². The highest BCUT2D eigenvalue weighted by Gasteiger charge is 2.12. The molecule has 0 aromatic heterocycles. The van der Waals surface area contributed by atoms with Crippen LogP contribution < -0.4 is 5.32 Å². The van der Waals surface area contributed by atoms with E-state index in [0.717, 1.165) is 18.2 Å². The lowest BCUT2D eigenvalue weighted by Gasteiger charge is -2.11. The molecular weight excluding hydrogens is 258 g/mol. The van der Waals surface area contributed by atoms with Gasteiger partial charge in [0, 0.05) is 18.2 Å². The summed E-state index contributed by atoms with van der Waals surface area (Å²) in [5.74, 6) is -2.94. The number of nitrogens with one attached hydrogen (secondary N) is 1. The van der Waals surface area contributed by atoms with Gasteiger partial charge in [-0.05, 0) is 24.6 Å². The van der Waals surface area contributed by atoms with Crippen molar-refractivity contribution in [1.29, 1.82) is 0 Å². The molecule has 0 radical (unpaired) electrons. The second-order valence-corrected chi connectivity index (χ2v) is 4.14. The van der Waals surface area contributed by atoms with Crippen molar-refractivity contribution in [2.24, 2.45) is 0 Å². The van der Waals surface area contributed by atoms with E-state index in [1.807, 2.05) is 0 Å². The average molecular weight is 269 g/mol. The fourth-order valence-electron chi connectivity index (χ4n) is 1.67. The van der Waals surface area contributed by atoms with E-state index in [0.29, 0.717) is 0 Å². The molecule has 0 saturated heterocycles. The first-order chi connectivity index (χ1) is 8.99. The van der Waals surface area contributed by atoms with Crippen molar-refractivity contribution in [2.45, 2.75) is 13.5 Å². The van der Waals surface area contributed by atoms with Crippen molar-refractivity contribution < 1.29 is 17.6 Å². The minimum Gasteiger partial charge on any atom is -0.376 e. The van der Waals surface area contributed by atoms with Crippen molar-refractivity contribution in [3.8, 4) is 0 Å². The van der Waals surface area contributed by atoms with E-state index >= 15 is 0 Å². The number of benzene rings is 2. The van der Waals surface area contributed by atoms with E-state index in [1.54, 1.807) is 0 Å². The van der Waals surface area contributed by atoms with Gasteiger partial charge in [0.15, 0.2) is 5.82 Å². The van der Waals surface area contributed by atoms with Gasteiger partial charge in [-0.25, -0.2) is 17.6 Å². The second-order valence-electron chi connectivity index (χ2n) is 4.14. The van der Waals surface area contributed by atoms with Crippen LogP contribution in [0.4, 0.5) is 23.2 Å². The summed E-state index contributed by atoms with van der Waals surface area (Å²) in [6, 6.07) is 5.47. The molecular formula is C14H11F4N. The van der Waals surface area contributed by atoms with Gasteiger partial charge >= 0.3 is 0 Å². The number of rotatable bonds is 3. The van der Waals surface area contributed by atoms with Crippen molar-refractivity contribution in [1.82, 2.24) is 0 Å². The zero-order valence-electron chi connectivity index (χ0n) is 10.1. The average Bonchev–Trinajstić information content (AvgIpc) is 2.36. The lowest BCUT2D eigenvalue weighted by Crippen LogP contribution is -2.06. The maximum Gasteiger partial charge on any atom is 0.152 e. The zero-order chi connectivity index (χ0) is 14.0. The summed E-state index contributed by atoms with van der Waals surface area (Å²) in [6.07, 6.45) is 0. The van der Waals surface area contributed by atoms with Crippen molar-refractivity contribution in [3.05, 3.63) is 64.7 Å². The van der Waals surface area contributed by atoms with Gasteiger partial charge in [0.05, 0.1) is 0 Å². The molecule has 0 unspecified atom stereocenters. The van der Waals surface area contributed by atoms with E-state index in [2.05, 4.69) is 5.32 Å². The summed E-state index contributed by atoms with van der Waals surface area (Å²) >= 11 is 0. The largest absolute Gasteiger partial charge is 0.376 e. The highest BCUT2D eigenvalue weighted by Crippen LogP contribution is 2.22. The Kier molecular flexibility index (Phi) is 3.74. The molecule has 0 bridgehead atoms. The van der Waals surface area contributed by atoms with Crippen molar-refractivity contribution in [2.75, 3.05) is 5.32 Å². The van der Waals surface area contributed by atoms with Crippen LogP contribution in [0.3, 0.4) is 0 Å². The van der Waals surface area contributed by atoms with Crippen LogP contribution in [0.5, 0.6) is 0 Å². The van der Waals surface area contributed by atoms with E-state index in [9.17, 15) is 17.6 Å². The van der Waals surface area contributed by atoms with Crippen LogP contribution in [0.1, 0.15) is 11.1 Å². The van der Waals surface area contributed by atoms with Crippen LogP contribution in [0.2, 0.25) is 0 Å². The Morgan fingerprint density at radius 2 is 1.68 bits per heavy atom. The molecule has 100 valence electrons. The third-order valence-corrected chi connectivity index (χ3v) is 2.75. The molecule has 0 amide bonds. The quantitative estimate of drug-likeness (QED) is 0.825. The molecule has 0 saturated carbocycles. The Balaban J connectivity index is 2.21. The summed E-state index contributed by atoms with van der Waals surface area (Å²) in [5.41, 5.74) is 0.0916. The summed E-state index contributed by atoms with van der Waals surface area (Å²) in [4.78, 5) is 0. The number of halogens is 4. The van der Waals surface area contributed by atoms with E-state index in [1.165, 1.54) is 19.1 Å². The van der Waals surface area contributed by atoms with Crippen LogP contribution >= 0.6 is 0 Å². The van der Waals surface area contributed by atoms with Gasteiger partial charge in [-0.3, -0.25) is 0 Å². The molecule has 2 aromatic carbocycles. The summed E-state index contributed by atoms with van der Waals surface area (Å²) in [7, 11) is 0. The first-order valence-corrected chi connectivity index (χ1v) is 5.61. The lowest BCUT2D eigenvalue weighted by molar-refractivity contribution is 0.569. The van der Waals surface area contributed by atoms with Crippen LogP contribution in [-0.2, 0) is 6.54 Å². The molecule has 0 aliphatic rings. The first-order valence-electron chi connectivity index (χ1n) is 5.61. The maximum absolute atomic E-state index is 13.7. The van der Waals surface area contributed by atoms with Gasteiger partial charge in [-0.2, -0.15) is 0 Å². The highest BCUT2D eigenvalue weighted by atomic mass is 19.1. The van der Waals surface area contributed by atoms with Gasteiger partial charge in [-0.15, -0.1) is 0 Å². The van der Waals surface area contributed by atoms with Crippen molar-refractivity contribution in [3.63, 3.8) is 0 Å². The van der Waals surface area contributed by atoms with Crippen molar-refractivity contribution >= 4 is 5.69 Å². The summed E-state index contributed by atoms with van der Waals surface area (Å²) < 4.78 is 53.2. The topological polar surface area (TPSA) is 12.0 Å². The number of aryl methyl sites for hydroxylation is 1. The monoisotopic (exact) mass is 269 g/mol. The fourth-order valence-corrected chi connectivity index (χ4v) is 1.67. The Hall–Kier alpha value is -2.04. The molecule has 0 fully saturated rings. The summed E-state index contributed by atoms with van der Waals surface area (Å²) in [5, 5.41) is 2.49. The molecule has 1 N–H and O–H groups in total. The Morgan fingerprint density at radius 3 is 2.37 bits per heavy atom. The second kappa shape index (κ2) is 5.30. The highest BCUT2D eigenvalue weighted by molar-refractivity contribution is 5.49. The molecule has 1 nitrogen and oxygen atoms in total. The smallest absolute Gasteiger partial charge is 0.152 e. The molecule has 19 heavy (non-hydrogen) atoms. The molecule has 0 aliphatic carbocycles. The molecule has 0 heterocycles. The molecule has 0 spiro atoms. The third-order valence-electron chi connectivity index (χ3n) is 2.75. The van der Waals surface area contributed by atoms with Crippen LogP contribution in [0.15, 0.2) is 30.3 Å². The number of hydrogen-bond acceptors (Lipinski definition) is 1. The van der Waals surface area contributed by atoms with Gasteiger partial charge in [0.25, 0.3) is 0 Å². The number of hydrogen-bond donors (Lipinski definition) is 1. The SMILES string of the molecule is Cc1ccc(F)c(NCc2ccc(F)cc2F)c1F. The third kappa shape index (κ3) is 2.86. The normalized spacial score (nSPS) is 10.6. The van der Waals surface area contributed by atoms with E-state index < -0.39 is 23.3 Å². The predicted octanol–water partition coefficient (Wildman–Crippen LogP) is 4.16. The first kappa shape index (κ1) is 13.4. The van der Waals surface area contributed by atoms with Gasteiger partial charge in [0.1, 0.15) is 23.1 Å². The Bertz CT molecular complexity index is 611. The van der Waals surface area contributed by atoms with Crippen LogP contribution in [-0.4, -0.2) is 0 Å². The minimum absolute atomic E-state index is 0.127. The van der Waals surface area contributed by atoms with Gasteiger partial charge in [-0.1, -0.05) is 12.1 Å². The summed E-state index contributed by atoms with van der Waals surface area (Å²) in [6.45, 7) is 1.36. The minimum atomic E-state index is -0.763. The van der Waals surface area contributed by atoms with Crippen LogP contribution in [0.25, 0.3) is 0 Å².